The molecule has 0 atom stereocenters. The van der Waals surface area contributed by atoms with E-state index in [4.69, 9.17) is 4.74 Å². The molecule has 3 rings (SSSR count). The molecule has 0 aliphatic carbocycles. The summed E-state index contributed by atoms with van der Waals surface area (Å²) >= 11 is 0. The second kappa shape index (κ2) is 5.30. The molecule has 1 amide bonds. The van der Waals surface area contributed by atoms with Crippen molar-refractivity contribution in [1.29, 1.82) is 0 Å². The molecular formula is C14H13N3O4S. The van der Waals surface area contributed by atoms with Gasteiger partial charge in [0.1, 0.15) is 5.75 Å². The van der Waals surface area contributed by atoms with Crippen molar-refractivity contribution in [2.45, 2.75) is 11.8 Å². The number of aryl methyl sites for hydroxylation is 1. The summed E-state index contributed by atoms with van der Waals surface area (Å²) in [5, 5.41) is 2.58. The second-order valence-electron chi connectivity index (χ2n) is 4.79. The molecule has 0 fully saturated rings. The molecule has 0 saturated carbocycles. The molecule has 1 aliphatic heterocycles. The number of rotatable bonds is 3. The molecule has 0 radical (unpaired) electrons. The van der Waals surface area contributed by atoms with Crippen LogP contribution in [0.2, 0.25) is 0 Å². The lowest BCUT2D eigenvalue weighted by atomic mass is 10.2. The first-order chi connectivity index (χ1) is 10.4. The maximum Gasteiger partial charge on any atom is 0.262 e. The third-order valence-electron chi connectivity index (χ3n) is 3.04. The van der Waals surface area contributed by atoms with Crippen LogP contribution < -0.4 is 14.8 Å². The SMILES string of the molecule is Cc1cc(NS(=O)(=O)c2ccc3c(c2)NC(=O)CO3)ccn1. The van der Waals surface area contributed by atoms with Gasteiger partial charge in [-0.1, -0.05) is 0 Å². The van der Waals surface area contributed by atoms with Gasteiger partial charge in [-0.15, -0.1) is 0 Å². The lowest BCUT2D eigenvalue weighted by Gasteiger charge is -2.18. The van der Waals surface area contributed by atoms with Crippen molar-refractivity contribution in [3.8, 4) is 5.75 Å². The summed E-state index contributed by atoms with van der Waals surface area (Å²) < 4.78 is 32.5. The van der Waals surface area contributed by atoms with Gasteiger partial charge >= 0.3 is 0 Å². The number of fused-ring (bicyclic) bond motifs is 1. The van der Waals surface area contributed by atoms with Crippen LogP contribution in [0.3, 0.4) is 0 Å². The van der Waals surface area contributed by atoms with Crippen molar-refractivity contribution < 1.29 is 17.9 Å². The van der Waals surface area contributed by atoms with E-state index in [-0.39, 0.29) is 17.4 Å². The maximum absolute atomic E-state index is 12.4. The van der Waals surface area contributed by atoms with E-state index in [0.717, 1.165) is 0 Å². The molecule has 1 aromatic carbocycles. The Labute approximate surface area is 127 Å². The Morgan fingerprint density at radius 1 is 1.27 bits per heavy atom. The van der Waals surface area contributed by atoms with Crippen LogP contribution in [-0.4, -0.2) is 25.9 Å². The topological polar surface area (TPSA) is 97.4 Å². The third-order valence-corrected chi connectivity index (χ3v) is 4.42. The number of nitrogens with zero attached hydrogens (tertiary/aromatic N) is 1. The molecule has 2 aromatic rings. The number of amides is 1. The van der Waals surface area contributed by atoms with Crippen LogP contribution in [0.4, 0.5) is 11.4 Å². The predicted octanol–water partition coefficient (Wildman–Crippen LogP) is 1.52. The predicted molar refractivity (Wildman–Crippen MR) is 80.3 cm³/mol. The molecule has 0 spiro atoms. The van der Waals surface area contributed by atoms with E-state index >= 15 is 0 Å². The number of nitrogens with one attached hydrogen (secondary N) is 2. The van der Waals surface area contributed by atoms with Crippen LogP contribution in [0.5, 0.6) is 5.75 Å². The smallest absolute Gasteiger partial charge is 0.262 e. The zero-order chi connectivity index (χ0) is 15.7. The quantitative estimate of drug-likeness (QED) is 0.894. The number of aromatic nitrogens is 1. The van der Waals surface area contributed by atoms with Crippen LogP contribution in [0.15, 0.2) is 41.4 Å². The number of benzene rings is 1. The normalized spacial score (nSPS) is 13.8. The van der Waals surface area contributed by atoms with Gasteiger partial charge in [-0.2, -0.15) is 0 Å². The Morgan fingerprint density at radius 3 is 2.86 bits per heavy atom. The molecular weight excluding hydrogens is 306 g/mol. The van der Waals surface area contributed by atoms with Crippen molar-refractivity contribution in [3.05, 3.63) is 42.2 Å². The van der Waals surface area contributed by atoms with Gasteiger partial charge in [-0.05, 0) is 37.3 Å². The molecule has 8 heteroatoms. The van der Waals surface area contributed by atoms with E-state index in [1.807, 2.05) is 0 Å². The summed E-state index contributed by atoms with van der Waals surface area (Å²) in [5.41, 5.74) is 1.46. The van der Waals surface area contributed by atoms with Gasteiger partial charge in [0.25, 0.3) is 15.9 Å². The Bertz CT molecular complexity index is 849. The first-order valence-electron chi connectivity index (χ1n) is 6.46. The lowest BCUT2D eigenvalue weighted by molar-refractivity contribution is -0.118. The van der Waals surface area contributed by atoms with E-state index in [1.165, 1.54) is 24.4 Å². The zero-order valence-electron chi connectivity index (χ0n) is 11.7. The van der Waals surface area contributed by atoms with Crippen molar-refractivity contribution in [2.75, 3.05) is 16.6 Å². The summed E-state index contributed by atoms with van der Waals surface area (Å²) in [6.07, 6.45) is 1.52. The fourth-order valence-corrected chi connectivity index (χ4v) is 3.13. The van der Waals surface area contributed by atoms with E-state index in [1.54, 1.807) is 19.1 Å². The summed E-state index contributed by atoms with van der Waals surface area (Å²) in [4.78, 5) is 15.4. The Balaban J connectivity index is 1.92. The van der Waals surface area contributed by atoms with Crippen molar-refractivity contribution >= 4 is 27.3 Å². The second-order valence-corrected chi connectivity index (χ2v) is 6.47. The Morgan fingerprint density at radius 2 is 2.09 bits per heavy atom. The number of carbonyl (C=O) groups excluding carboxylic acids is 1. The van der Waals surface area contributed by atoms with Crippen LogP contribution in [0, 0.1) is 6.92 Å². The highest BCUT2D eigenvalue weighted by Gasteiger charge is 2.21. The van der Waals surface area contributed by atoms with Crippen LogP contribution in [0.25, 0.3) is 0 Å². The zero-order valence-corrected chi connectivity index (χ0v) is 12.5. The van der Waals surface area contributed by atoms with Gasteiger partial charge in [0.05, 0.1) is 16.3 Å². The minimum atomic E-state index is -3.77. The fraction of sp³-hybridized carbons (Fsp3) is 0.143. The van der Waals surface area contributed by atoms with Crippen LogP contribution >= 0.6 is 0 Å². The number of anilines is 2. The van der Waals surface area contributed by atoms with Crippen LogP contribution in [-0.2, 0) is 14.8 Å². The fourth-order valence-electron chi connectivity index (χ4n) is 2.05. The van der Waals surface area contributed by atoms with E-state index in [0.29, 0.717) is 22.8 Å². The molecule has 7 nitrogen and oxygen atoms in total. The molecule has 0 unspecified atom stereocenters. The lowest BCUT2D eigenvalue weighted by Crippen LogP contribution is -2.25. The van der Waals surface area contributed by atoms with Gasteiger partial charge < -0.3 is 10.1 Å². The highest BCUT2D eigenvalue weighted by Crippen LogP contribution is 2.30. The van der Waals surface area contributed by atoms with E-state index in [2.05, 4.69) is 15.0 Å². The number of sulfonamides is 1. The Hall–Kier alpha value is -2.61. The largest absolute Gasteiger partial charge is 0.482 e. The molecule has 2 N–H and O–H groups in total. The van der Waals surface area contributed by atoms with Crippen molar-refractivity contribution in [3.63, 3.8) is 0 Å². The number of pyridine rings is 1. The van der Waals surface area contributed by atoms with Gasteiger partial charge in [-0.25, -0.2) is 8.42 Å². The van der Waals surface area contributed by atoms with Gasteiger partial charge in [0.15, 0.2) is 6.61 Å². The minimum absolute atomic E-state index is 0.0338. The minimum Gasteiger partial charge on any atom is -0.482 e. The summed E-state index contributed by atoms with van der Waals surface area (Å²) in [5.74, 6) is 0.123. The first kappa shape index (κ1) is 14.3. The Kier molecular flexibility index (Phi) is 3.45. The standard InChI is InChI=1S/C14H13N3O4S/c1-9-6-10(4-5-15-9)17-22(19,20)11-2-3-13-12(7-11)16-14(18)8-21-13/h2-7H,8H2,1H3,(H,15,17)(H,16,18). The van der Waals surface area contributed by atoms with Gasteiger partial charge in [0.2, 0.25) is 0 Å². The average molecular weight is 319 g/mol. The summed E-state index contributed by atoms with van der Waals surface area (Å²) in [6.45, 7) is 1.69. The highest BCUT2D eigenvalue weighted by atomic mass is 32.2. The average Bonchev–Trinajstić information content (AvgIpc) is 2.46. The third kappa shape index (κ3) is 2.86. The molecule has 2 heterocycles. The van der Waals surface area contributed by atoms with Crippen molar-refractivity contribution in [1.82, 2.24) is 4.98 Å². The van der Waals surface area contributed by atoms with Gasteiger partial charge in [-0.3, -0.25) is 14.5 Å². The molecule has 0 saturated heterocycles. The number of ether oxygens (including phenoxy) is 1. The van der Waals surface area contributed by atoms with Gasteiger partial charge in [0, 0.05) is 11.9 Å². The molecule has 1 aliphatic rings. The molecule has 1 aromatic heterocycles. The maximum atomic E-state index is 12.4. The van der Waals surface area contributed by atoms with Crippen molar-refractivity contribution in [2.24, 2.45) is 0 Å². The molecule has 114 valence electrons. The first-order valence-corrected chi connectivity index (χ1v) is 7.94. The summed E-state index contributed by atoms with van der Waals surface area (Å²) in [7, 11) is -3.77. The van der Waals surface area contributed by atoms with Crippen LogP contribution in [0.1, 0.15) is 5.69 Å². The molecule has 22 heavy (non-hydrogen) atoms. The number of carbonyl (C=O) groups is 1. The number of hydrogen-bond donors (Lipinski definition) is 2. The van der Waals surface area contributed by atoms with E-state index in [9.17, 15) is 13.2 Å². The number of hydrogen-bond acceptors (Lipinski definition) is 5. The monoisotopic (exact) mass is 319 g/mol. The van der Waals surface area contributed by atoms with E-state index < -0.39 is 10.0 Å². The molecule has 0 bridgehead atoms. The summed E-state index contributed by atoms with van der Waals surface area (Å²) in [6, 6.07) is 7.49. The highest BCUT2D eigenvalue weighted by molar-refractivity contribution is 7.92.